The van der Waals surface area contributed by atoms with Crippen LogP contribution >= 0.6 is 11.6 Å². The highest BCUT2D eigenvalue weighted by Gasteiger charge is 2.32. The van der Waals surface area contributed by atoms with E-state index in [1.165, 1.54) is 0 Å². The van der Waals surface area contributed by atoms with Crippen LogP contribution in [0.2, 0.25) is 5.02 Å². The molecule has 0 aliphatic rings. The van der Waals surface area contributed by atoms with E-state index in [0.717, 1.165) is 17.8 Å². The van der Waals surface area contributed by atoms with Crippen molar-refractivity contribution in [3.05, 3.63) is 59.1 Å². The fourth-order valence-corrected chi connectivity index (χ4v) is 3.90. The highest BCUT2D eigenvalue weighted by molar-refractivity contribution is 7.89. The molecule has 1 N–H and O–H groups in total. The lowest BCUT2D eigenvalue weighted by Gasteiger charge is -2.19. The van der Waals surface area contributed by atoms with E-state index in [2.05, 4.69) is 4.72 Å². The minimum absolute atomic E-state index is 0.0755. The molecule has 0 saturated carbocycles. The number of hydrogen-bond acceptors (Lipinski definition) is 3. The Morgan fingerprint density at radius 2 is 1.77 bits per heavy atom. The fourth-order valence-electron chi connectivity index (χ4n) is 2.30. The minimum Gasteiger partial charge on any atom is -0.375 e. The fraction of sp³-hybridized carbons (Fsp3) is 0.294. The van der Waals surface area contributed by atoms with Gasteiger partial charge in [0.25, 0.3) is 0 Å². The Hall–Kier alpha value is -1.77. The first-order valence-electron chi connectivity index (χ1n) is 7.74. The summed E-state index contributed by atoms with van der Waals surface area (Å²) in [7, 11) is -2.27. The standard InChI is InChI=1S/C17H18ClF3N2O2S/c1-23(14-6-3-2-4-7-14)11-5-10-22-26(24,25)16-12-13(17(19,20)21)8-9-15(16)18/h2-4,6-9,12,22H,5,10-11H2,1H3. The molecular formula is C17H18ClF3N2O2S. The van der Waals surface area contributed by atoms with Crippen LogP contribution in [0.3, 0.4) is 0 Å². The molecule has 142 valence electrons. The summed E-state index contributed by atoms with van der Waals surface area (Å²) in [6.07, 6.45) is -4.17. The van der Waals surface area contributed by atoms with E-state index in [-0.39, 0.29) is 11.6 Å². The summed E-state index contributed by atoms with van der Waals surface area (Å²) in [5, 5.41) is -0.257. The SMILES string of the molecule is CN(CCCNS(=O)(=O)c1cc(C(F)(F)F)ccc1Cl)c1ccccc1. The lowest BCUT2D eigenvalue weighted by molar-refractivity contribution is -0.137. The number of para-hydroxylation sites is 1. The molecule has 0 heterocycles. The molecular weight excluding hydrogens is 389 g/mol. The third-order valence-corrected chi connectivity index (χ3v) is 5.65. The van der Waals surface area contributed by atoms with Gasteiger partial charge in [-0.05, 0) is 36.8 Å². The summed E-state index contributed by atoms with van der Waals surface area (Å²) in [5.74, 6) is 0. The van der Waals surface area contributed by atoms with Gasteiger partial charge in [-0.1, -0.05) is 29.8 Å². The van der Waals surface area contributed by atoms with Gasteiger partial charge in [-0.2, -0.15) is 13.2 Å². The van der Waals surface area contributed by atoms with Gasteiger partial charge in [-0.15, -0.1) is 0 Å². The van der Waals surface area contributed by atoms with E-state index in [9.17, 15) is 21.6 Å². The molecule has 0 saturated heterocycles. The van der Waals surface area contributed by atoms with Gasteiger partial charge in [0.05, 0.1) is 10.6 Å². The monoisotopic (exact) mass is 406 g/mol. The molecule has 0 atom stereocenters. The second-order valence-corrected chi connectivity index (χ2v) is 7.79. The van der Waals surface area contributed by atoms with Crippen LogP contribution < -0.4 is 9.62 Å². The highest BCUT2D eigenvalue weighted by atomic mass is 35.5. The number of anilines is 1. The van der Waals surface area contributed by atoms with E-state index in [1.54, 1.807) is 0 Å². The summed E-state index contributed by atoms with van der Waals surface area (Å²) >= 11 is 5.78. The van der Waals surface area contributed by atoms with Crippen LogP contribution in [0.5, 0.6) is 0 Å². The maximum absolute atomic E-state index is 12.8. The first kappa shape index (κ1) is 20.5. The maximum Gasteiger partial charge on any atom is 0.416 e. The summed E-state index contributed by atoms with van der Waals surface area (Å²) < 4.78 is 65.2. The van der Waals surface area contributed by atoms with Gasteiger partial charge < -0.3 is 4.90 Å². The van der Waals surface area contributed by atoms with E-state index < -0.39 is 26.7 Å². The lowest BCUT2D eigenvalue weighted by Crippen LogP contribution is -2.28. The summed E-state index contributed by atoms with van der Waals surface area (Å²) in [5.41, 5.74) is -0.0811. The molecule has 0 unspecified atom stereocenters. The Morgan fingerprint density at radius 3 is 2.38 bits per heavy atom. The molecule has 0 aromatic heterocycles. The molecule has 0 bridgehead atoms. The summed E-state index contributed by atoms with van der Waals surface area (Å²) in [6.45, 7) is 0.648. The van der Waals surface area contributed by atoms with Crippen LogP contribution in [0.25, 0.3) is 0 Å². The maximum atomic E-state index is 12.8. The van der Waals surface area contributed by atoms with Crippen molar-refractivity contribution in [2.45, 2.75) is 17.5 Å². The normalized spacial score (nSPS) is 12.2. The van der Waals surface area contributed by atoms with Crippen molar-refractivity contribution in [3.8, 4) is 0 Å². The van der Waals surface area contributed by atoms with E-state index in [0.29, 0.717) is 19.0 Å². The molecule has 9 heteroatoms. The van der Waals surface area contributed by atoms with E-state index in [4.69, 9.17) is 11.6 Å². The number of halogens is 4. The number of hydrogen-bond donors (Lipinski definition) is 1. The van der Waals surface area contributed by atoms with Gasteiger partial charge in [0.1, 0.15) is 4.90 Å². The number of nitrogens with one attached hydrogen (secondary N) is 1. The van der Waals surface area contributed by atoms with Gasteiger partial charge in [0.15, 0.2) is 0 Å². The molecule has 0 aliphatic carbocycles. The Kier molecular flexibility index (Phi) is 6.54. The zero-order valence-corrected chi connectivity index (χ0v) is 15.5. The van der Waals surface area contributed by atoms with Crippen molar-refractivity contribution >= 4 is 27.3 Å². The van der Waals surface area contributed by atoms with Crippen LogP contribution in [0, 0.1) is 0 Å². The summed E-state index contributed by atoms with van der Waals surface area (Å²) in [4.78, 5) is 1.37. The van der Waals surface area contributed by atoms with Crippen LogP contribution in [0.4, 0.5) is 18.9 Å². The van der Waals surface area contributed by atoms with Crippen molar-refractivity contribution in [1.82, 2.24) is 4.72 Å². The van der Waals surface area contributed by atoms with Crippen molar-refractivity contribution < 1.29 is 21.6 Å². The number of benzene rings is 2. The van der Waals surface area contributed by atoms with E-state index in [1.807, 2.05) is 42.3 Å². The first-order chi connectivity index (χ1) is 12.1. The largest absolute Gasteiger partial charge is 0.416 e. The average Bonchev–Trinajstić information content (AvgIpc) is 2.58. The highest BCUT2D eigenvalue weighted by Crippen LogP contribution is 2.33. The minimum atomic E-state index is -4.65. The molecule has 0 aliphatic heterocycles. The van der Waals surface area contributed by atoms with E-state index >= 15 is 0 Å². The lowest BCUT2D eigenvalue weighted by atomic mass is 10.2. The van der Waals surface area contributed by atoms with Crippen LogP contribution in [-0.4, -0.2) is 28.6 Å². The predicted molar refractivity (Wildman–Crippen MR) is 96.0 cm³/mol. The van der Waals surface area contributed by atoms with Gasteiger partial charge in [0, 0.05) is 25.8 Å². The summed E-state index contributed by atoms with van der Waals surface area (Å²) in [6, 6.07) is 11.7. The van der Waals surface area contributed by atoms with Crippen molar-refractivity contribution in [3.63, 3.8) is 0 Å². The molecule has 0 spiro atoms. The van der Waals surface area contributed by atoms with Gasteiger partial charge in [0.2, 0.25) is 10.0 Å². The second kappa shape index (κ2) is 8.28. The number of sulfonamides is 1. The molecule has 2 aromatic rings. The average molecular weight is 407 g/mol. The quantitative estimate of drug-likeness (QED) is 0.702. The molecule has 2 rings (SSSR count). The van der Waals surface area contributed by atoms with Gasteiger partial charge in [-0.3, -0.25) is 0 Å². The third-order valence-electron chi connectivity index (χ3n) is 3.71. The second-order valence-electron chi connectivity index (χ2n) is 5.65. The number of nitrogens with zero attached hydrogens (tertiary/aromatic N) is 1. The predicted octanol–water partition coefficient (Wildman–Crippen LogP) is 4.16. The van der Waals surface area contributed by atoms with Crippen LogP contribution in [-0.2, 0) is 16.2 Å². The van der Waals surface area contributed by atoms with Crippen LogP contribution in [0.1, 0.15) is 12.0 Å². The Bertz CT molecular complexity index is 843. The van der Waals surface area contributed by atoms with Gasteiger partial charge >= 0.3 is 6.18 Å². The number of rotatable bonds is 7. The molecule has 0 amide bonds. The Balaban J connectivity index is 1.99. The van der Waals surface area contributed by atoms with Crippen molar-refractivity contribution in [2.75, 3.05) is 25.0 Å². The van der Waals surface area contributed by atoms with Crippen molar-refractivity contribution in [1.29, 1.82) is 0 Å². The number of alkyl halides is 3. The molecule has 4 nitrogen and oxygen atoms in total. The van der Waals surface area contributed by atoms with Crippen LogP contribution in [0.15, 0.2) is 53.4 Å². The smallest absolute Gasteiger partial charge is 0.375 e. The molecule has 26 heavy (non-hydrogen) atoms. The first-order valence-corrected chi connectivity index (χ1v) is 9.60. The van der Waals surface area contributed by atoms with Crippen molar-refractivity contribution in [2.24, 2.45) is 0 Å². The molecule has 0 radical (unpaired) electrons. The molecule has 0 fully saturated rings. The zero-order chi connectivity index (χ0) is 19.4. The van der Waals surface area contributed by atoms with Gasteiger partial charge in [-0.25, -0.2) is 13.1 Å². The Labute approximate surface area is 155 Å². The third kappa shape index (κ3) is 5.36. The Morgan fingerprint density at radius 1 is 1.12 bits per heavy atom. The topological polar surface area (TPSA) is 49.4 Å². The zero-order valence-electron chi connectivity index (χ0n) is 13.9. The molecule has 2 aromatic carbocycles.